The number of nitrogens with one attached hydrogen (secondary N) is 1. The Morgan fingerprint density at radius 3 is 3.04 bits per heavy atom. The van der Waals surface area contributed by atoms with Crippen LogP contribution in [0, 0.1) is 6.92 Å². The van der Waals surface area contributed by atoms with Crippen molar-refractivity contribution in [3.8, 4) is 11.4 Å². The molecule has 1 amide bonds. The van der Waals surface area contributed by atoms with Crippen LogP contribution in [0.2, 0.25) is 0 Å². The van der Waals surface area contributed by atoms with Crippen molar-refractivity contribution >= 4 is 28.2 Å². The Labute approximate surface area is 137 Å². The summed E-state index contributed by atoms with van der Waals surface area (Å²) in [7, 11) is 1.64. The molecule has 3 aromatic rings. The number of hydrogen-bond acceptors (Lipinski definition) is 6. The van der Waals surface area contributed by atoms with Gasteiger partial charge in [0, 0.05) is 31.2 Å². The molecule has 0 saturated heterocycles. The van der Waals surface area contributed by atoms with Crippen LogP contribution in [-0.2, 0) is 4.74 Å². The number of methoxy groups -OCH3 is 1. The highest BCUT2D eigenvalue weighted by atomic mass is 32.1. The van der Waals surface area contributed by atoms with Gasteiger partial charge in [0.15, 0.2) is 5.58 Å². The van der Waals surface area contributed by atoms with Crippen molar-refractivity contribution in [3.05, 3.63) is 34.2 Å². The van der Waals surface area contributed by atoms with Crippen LogP contribution in [-0.4, -0.2) is 36.3 Å². The lowest BCUT2D eigenvalue weighted by atomic mass is 10.1. The maximum atomic E-state index is 12.2. The fourth-order valence-electron chi connectivity index (χ4n) is 2.26. The average Bonchev–Trinajstić information content (AvgIpc) is 3.16. The molecule has 1 N–H and O–H groups in total. The quantitative estimate of drug-likeness (QED) is 0.703. The molecule has 6 nitrogen and oxygen atoms in total. The maximum absolute atomic E-state index is 12.2. The van der Waals surface area contributed by atoms with Gasteiger partial charge in [0.05, 0.1) is 10.4 Å². The monoisotopic (exact) mass is 331 g/mol. The highest BCUT2D eigenvalue weighted by molar-refractivity contribution is 7.09. The molecule has 0 fully saturated rings. The molecular formula is C16H17N3O3S. The molecule has 0 aliphatic carbocycles. The van der Waals surface area contributed by atoms with E-state index in [1.165, 1.54) is 0 Å². The van der Waals surface area contributed by atoms with Gasteiger partial charge in [-0.3, -0.25) is 4.79 Å². The summed E-state index contributed by atoms with van der Waals surface area (Å²) in [6, 6.07) is 5.28. The summed E-state index contributed by atoms with van der Waals surface area (Å²) in [6.07, 6.45) is 0.779. The van der Waals surface area contributed by atoms with Gasteiger partial charge in [-0.05, 0) is 31.5 Å². The number of ether oxygens (including phenoxy) is 1. The number of hydrogen-bond donors (Lipinski definition) is 1. The third-order valence-electron chi connectivity index (χ3n) is 3.40. The van der Waals surface area contributed by atoms with Crippen molar-refractivity contribution in [2.24, 2.45) is 0 Å². The van der Waals surface area contributed by atoms with E-state index in [1.807, 2.05) is 12.3 Å². The van der Waals surface area contributed by atoms with Gasteiger partial charge in [0.2, 0.25) is 0 Å². The van der Waals surface area contributed by atoms with E-state index in [0.29, 0.717) is 30.0 Å². The van der Waals surface area contributed by atoms with Gasteiger partial charge in [0.25, 0.3) is 5.91 Å². The predicted octanol–water partition coefficient (Wildman–Crippen LogP) is 3.03. The summed E-state index contributed by atoms with van der Waals surface area (Å²) in [6.45, 7) is 3.14. The Hall–Kier alpha value is -2.25. The fourth-order valence-corrected chi connectivity index (χ4v) is 2.85. The second kappa shape index (κ2) is 6.89. The van der Waals surface area contributed by atoms with Gasteiger partial charge in [0.1, 0.15) is 11.4 Å². The average molecular weight is 331 g/mol. The zero-order valence-corrected chi connectivity index (χ0v) is 13.8. The molecule has 0 aliphatic heterocycles. The molecule has 0 spiro atoms. The molecule has 0 saturated carbocycles. The number of fused-ring (bicyclic) bond motifs is 1. The topological polar surface area (TPSA) is 77.2 Å². The van der Waals surface area contributed by atoms with E-state index in [2.05, 4.69) is 15.5 Å². The molecule has 120 valence electrons. The zero-order chi connectivity index (χ0) is 16.2. The third kappa shape index (κ3) is 3.40. The molecule has 23 heavy (non-hydrogen) atoms. The van der Waals surface area contributed by atoms with Crippen molar-refractivity contribution in [1.29, 1.82) is 0 Å². The smallest absolute Gasteiger partial charge is 0.251 e. The molecule has 1 aromatic carbocycles. The van der Waals surface area contributed by atoms with Crippen molar-refractivity contribution in [2.45, 2.75) is 13.3 Å². The SMILES string of the molecule is COCCCNC(=O)c1ccc2onc(-c3csc(C)n3)c2c1. The Bertz CT molecular complexity index is 825. The van der Waals surface area contributed by atoms with Crippen LogP contribution in [0.3, 0.4) is 0 Å². The Morgan fingerprint density at radius 2 is 2.30 bits per heavy atom. The number of carbonyl (C=O) groups excluding carboxylic acids is 1. The summed E-state index contributed by atoms with van der Waals surface area (Å²) in [5.74, 6) is -0.121. The first-order valence-corrected chi connectivity index (χ1v) is 8.16. The van der Waals surface area contributed by atoms with E-state index in [4.69, 9.17) is 9.26 Å². The lowest BCUT2D eigenvalue weighted by Gasteiger charge is -2.04. The number of nitrogens with zero attached hydrogens (tertiary/aromatic N) is 2. The number of rotatable bonds is 6. The second-order valence-corrected chi connectivity index (χ2v) is 6.16. The van der Waals surface area contributed by atoms with E-state index >= 15 is 0 Å². The molecule has 0 unspecified atom stereocenters. The van der Waals surface area contributed by atoms with Crippen molar-refractivity contribution in [3.63, 3.8) is 0 Å². The fraction of sp³-hybridized carbons (Fsp3) is 0.312. The van der Waals surface area contributed by atoms with E-state index in [-0.39, 0.29) is 5.91 Å². The first-order valence-electron chi connectivity index (χ1n) is 7.28. The number of benzene rings is 1. The molecular weight excluding hydrogens is 314 g/mol. The summed E-state index contributed by atoms with van der Waals surface area (Å²) >= 11 is 1.55. The van der Waals surface area contributed by atoms with Gasteiger partial charge >= 0.3 is 0 Å². The van der Waals surface area contributed by atoms with E-state index < -0.39 is 0 Å². The van der Waals surface area contributed by atoms with Crippen LogP contribution < -0.4 is 5.32 Å². The second-order valence-electron chi connectivity index (χ2n) is 5.10. The van der Waals surface area contributed by atoms with Crippen molar-refractivity contribution in [1.82, 2.24) is 15.5 Å². The molecule has 2 aromatic heterocycles. The van der Waals surface area contributed by atoms with Crippen molar-refractivity contribution < 1.29 is 14.1 Å². The molecule has 0 atom stereocenters. The molecule has 0 aliphatic rings. The standard InChI is InChI=1S/C16H17N3O3S/c1-10-18-13(9-23-10)15-12-8-11(4-5-14(12)22-19-15)16(20)17-6-3-7-21-2/h4-5,8-9H,3,6-7H2,1-2H3,(H,17,20). The summed E-state index contributed by atoms with van der Waals surface area (Å²) in [4.78, 5) is 16.6. The first-order chi connectivity index (χ1) is 11.2. The van der Waals surface area contributed by atoms with Gasteiger partial charge in [-0.25, -0.2) is 4.98 Å². The largest absolute Gasteiger partial charge is 0.385 e. The Balaban J connectivity index is 1.84. The molecule has 7 heteroatoms. The lowest BCUT2D eigenvalue weighted by molar-refractivity contribution is 0.0949. The highest BCUT2D eigenvalue weighted by Gasteiger charge is 2.15. The number of carbonyl (C=O) groups is 1. The summed E-state index contributed by atoms with van der Waals surface area (Å²) in [5, 5.41) is 10.6. The molecule has 2 heterocycles. The summed E-state index contributed by atoms with van der Waals surface area (Å²) < 4.78 is 10.3. The zero-order valence-electron chi connectivity index (χ0n) is 13.0. The van der Waals surface area contributed by atoms with Gasteiger partial charge in [-0.1, -0.05) is 5.16 Å². The number of aryl methyl sites for hydroxylation is 1. The van der Waals surface area contributed by atoms with Crippen LogP contribution >= 0.6 is 11.3 Å². The Kier molecular flexibility index (Phi) is 4.68. The van der Waals surface area contributed by atoms with Crippen LogP contribution in [0.15, 0.2) is 28.1 Å². The van der Waals surface area contributed by atoms with Crippen molar-refractivity contribution in [2.75, 3.05) is 20.3 Å². The van der Waals surface area contributed by atoms with Gasteiger partial charge in [-0.2, -0.15) is 0 Å². The summed E-state index contributed by atoms with van der Waals surface area (Å²) in [5.41, 5.74) is 2.65. The van der Waals surface area contributed by atoms with E-state index in [0.717, 1.165) is 22.5 Å². The Morgan fingerprint density at radius 1 is 1.43 bits per heavy atom. The minimum absolute atomic E-state index is 0.121. The van der Waals surface area contributed by atoms with Crippen LogP contribution in [0.25, 0.3) is 22.4 Å². The maximum Gasteiger partial charge on any atom is 0.251 e. The number of thiazole rings is 1. The lowest BCUT2D eigenvalue weighted by Crippen LogP contribution is -2.25. The van der Waals surface area contributed by atoms with Gasteiger partial charge in [-0.15, -0.1) is 11.3 Å². The molecule has 3 rings (SSSR count). The molecule has 0 radical (unpaired) electrons. The third-order valence-corrected chi connectivity index (χ3v) is 4.18. The van der Waals surface area contributed by atoms with E-state index in [1.54, 1.807) is 36.6 Å². The predicted molar refractivity (Wildman–Crippen MR) is 88.7 cm³/mol. The number of amides is 1. The van der Waals surface area contributed by atoms with E-state index in [9.17, 15) is 4.79 Å². The normalized spacial score (nSPS) is 11.0. The molecule has 0 bridgehead atoms. The van der Waals surface area contributed by atoms with Crippen LogP contribution in [0.1, 0.15) is 21.8 Å². The van der Waals surface area contributed by atoms with Crippen LogP contribution in [0.5, 0.6) is 0 Å². The minimum Gasteiger partial charge on any atom is -0.385 e. The van der Waals surface area contributed by atoms with Crippen LogP contribution in [0.4, 0.5) is 0 Å². The minimum atomic E-state index is -0.121. The number of aromatic nitrogens is 2. The highest BCUT2D eigenvalue weighted by Crippen LogP contribution is 2.29. The van der Waals surface area contributed by atoms with Gasteiger partial charge < -0.3 is 14.6 Å². The first kappa shape index (κ1) is 15.6.